The van der Waals surface area contributed by atoms with Crippen LogP contribution in [0.1, 0.15) is 38.2 Å². The molecule has 1 unspecified atom stereocenters. The highest BCUT2D eigenvalue weighted by Gasteiger charge is 2.28. The minimum Gasteiger partial charge on any atom is -0.354 e. The van der Waals surface area contributed by atoms with Crippen LogP contribution in [0.5, 0.6) is 0 Å². The lowest BCUT2D eigenvalue weighted by atomic mass is 9.95. The molecule has 2 saturated heterocycles. The highest BCUT2D eigenvalue weighted by molar-refractivity contribution is 5.79. The van der Waals surface area contributed by atoms with Gasteiger partial charge in [-0.05, 0) is 50.8 Å². The van der Waals surface area contributed by atoms with Gasteiger partial charge in [-0.15, -0.1) is 0 Å². The molecule has 1 N–H and O–H groups in total. The van der Waals surface area contributed by atoms with Crippen LogP contribution in [0.2, 0.25) is 0 Å². The van der Waals surface area contributed by atoms with Crippen molar-refractivity contribution >= 4 is 11.8 Å². The number of amides is 2. The first-order valence-electron chi connectivity index (χ1n) is 9.94. The summed E-state index contributed by atoms with van der Waals surface area (Å²) < 4.78 is 0. The fraction of sp³-hybridized carbons (Fsp3) is 0.619. The number of piperidine rings is 1. The number of carbonyl (C=O) groups is 2. The van der Waals surface area contributed by atoms with Gasteiger partial charge in [0.1, 0.15) is 0 Å². The molecule has 0 spiro atoms. The van der Waals surface area contributed by atoms with Crippen LogP contribution in [-0.2, 0) is 16.0 Å². The van der Waals surface area contributed by atoms with Crippen LogP contribution in [0.15, 0.2) is 30.3 Å². The first-order chi connectivity index (χ1) is 12.6. The zero-order valence-corrected chi connectivity index (χ0v) is 15.8. The number of benzene rings is 1. The van der Waals surface area contributed by atoms with Gasteiger partial charge in [0.25, 0.3) is 0 Å². The zero-order chi connectivity index (χ0) is 18.4. The van der Waals surface area contributed by atoms with Crippen molar-refractivity contribution in [1.82, 2.24) is 15.1 Å². The van der Waals surface area contributed by atoms with E-state index in [0.717, 1.165) is 32.4 Å². The van der Waals surface area contributed by atoms with Crippen molar-refractivity contribution in [2.45, 2.75) is 45.1 Å². The Labute approximate surface area is 156 Å². The van der Waals surface area contributed by atoms with E-state index < -0.39 is 0 Å². The van der Waals surface area contributed by atoms with E-state index in [1.165, 1.54) is 18.4 Å². The van der Waals surface area contributed by atoms with Gasteiger partial charge in [-0.2, -0.15) is 0 Å². The third-order valence-corrected chi connectivity index (χ3v) is 5.79. The molecular weight excluding hydrogens is 326 g/mol. The first-order valence-corrected chi connectivity index (χ1v) is 9.94. The molecule has 2 amide bonds. The van der Waals surface area contributed by atoms with Crippen molar-refractivity contribution in [3.63, 3.8) is 0 Å². The normalized spacial score (nSPS) is 20.1. The molecule has 2 fully saturated rings. The van der Waals surface area contributed by atoms with Crippen LogP contribution in [0.4, 0.5) is 0 Å². The summed E-state index contributed by atoms with van der Waals surface area (Å²) in [4.78, 5) is 28.4. The topological polar surface area (TPSA) is 52.7 Å². The molecule has 2 aliphatic heterocycles. The predicted octanol–water partition coefficient (Wildman–Crippen LogP) is 2.07. The van der Waals surface area contributed by atoms with E-state index in [9.17, 15) is 9.59 Å². The van der Waals surface area contributed by atoms with Gasteiger partial charge in [-0.1, -0.05) is 30.3 Å². The summed E-state index contributed by atoms with van der Waals surface area (Å²) in [7, 11) is 0. The fourth-order valence-electron chi connectivity index (χ4n) is 4.14. The van der Waals surface area contributed by atoms with Crippen molar-refractivity contribution in [3.8, 4) is 0 Å². The monoisotopic (exact) mass is 357 g/mol. The van der Waals surface area contributed by atoms with Gasteiger partial charge in [0.05, 0.1) is 0 Å². The molecular formula is C21H31N3O2. The summed E-state index contributed by atoms with van der Waals surface area (Å²) in [6.07, 6.45) is 5.03. The summed E-state index contributed by atoms with van der Waals surface area (Å²) in [5, 5.41) is 3.21. The Morgan fingerprint density at radius 3 is 2.35 bits per heavy atom. The molecule has 5 heteroatoms. The molecule has 5 nitrogen and oxygen atoms in total. The Morgan fingerprint density at radius 2 is 1.73 bits per heavy atom. The number of hydrogen-bond donors (Lipinski definition) is 1. The summed E-state index contributed by atoms with van der Waals surface area (Å²) in [5.41, 5.74) is 1.33. The van der Waals surface area contributed by atoms with Crippen molar-refractivity contribution in [1.29, 1.82) is 0 Å². The largest absolute Gasteiger partial charge is 0.354 e. The molecule has 2 heterocycles. The van der Waals surface area contributed by atoms with Crippen LogP contribution in [-0.4, -0.2) is 60.4 Å². The molecule has 0 bridgehead atoms. The summed E-state index contributed by atoms with van der Waals surface area (Å²) >= 11 is 0. The second kappa shape index (κ2) is 9.17. The van der Waals surface area contributed by atoms with Gasteiger partial charge in [-0.25, -0.2) is 0 Å². The van der Waals surface area contributed by atoms with Crippen LogP contribution in [0.25, 0.3) is 0 Å². The van der Waals surface area contributed by atoms with E-state index in [4.69, 9.17) is 0 Å². The third kappa shape index (κ3) is 5.07. The summed E-state index contributed by atoms with van der Waals surface area (Å²) in [6, 6.07) is 10.9. The number of nitrogens with one attached hydrogen (secondary N) is 1. The highest BCUT2D eigenvalue weighted by atomic mass is 16.2. The molecule has 0 aliphatic carbocycles. The Balaban J connectivity index is 1.52. The molecule has 0 saturated carbocycles. The molecule has 0 aromatic heterocycles. The van der Waals surface area contributed by atoms with Crippen LogP contribution < -0.4 is 5.32 Å². The lowest BCUT2D eigenvalue weighted by Crippen LogP contribution is -2.47. The van der Waals surface area contributed by atoms with Crippen LogP contribution in [0.3, 0.4) is 0 Å². The molecule has 1 aromatic carbocycles. The SMILES string of the molecule is CC(=O)N1CCC(C(=O)NCC(Cc2ccccc2)N2CCCC2)CC1. The number of carbonyl (C=O) groups excluding carboxylic acids is 2. The minimum absolute atomic E-state index is 0.0431. The van der Waals surface area contributed by atoms with Gasteiger partial charge in [0, 0.05) is 38.5 Å². The van der Waals surface area contributed by atoms with Crippen molar-refractivity contribution in [3.05, 3.63) is 35.9 Å². The van der Waals surface area contributed by atoms with Crippen LogP contribution >= 0.6 is 0 Å². The average Bonchev–Trinajstić information content (AvgIpc) is 3.20. The lowest BCUT2D eigenvalue weighted by Gasteiger charge is -2.32. The Kier molecular flexibility index (Phi) is 6.67. The first kappa shape index (κ1) is 18.9. The van der Waals surface area contributed by atoms with E-state index >= 15 is 0 Å². The van der Waals surface area contributed by atoms with Crippen molar-refractivity contribution in [2.75, 3.05) is 32.7 Å². The van der Waals surface area contributed by atoms with Crippen LogP contribution in [0, 0.1) is 5.92 Å². The number of nitrogens with zero attached hydrogens (tertiary/aromatic N) is 2. The molecule has 0 radical (unpaired) electrons. The Hall–Kier alpha value is -1.88. The molecule has 2 aliphatic rings. The molecule has 1 aromatic rings. The maximum atomic E-state index is 12.6. The highest BCUT2D eigenvalue weighted by Crippen LogP contribution is 2.19. The summed E-state index contributed by atoms with van der Waals surface area (Å²) in [6.45, 7) is 5.97. The second-order valence-electron chi connectivity index (χ2n) is 7.61. The molecule has 1 atom stereocenters. The standard InChI is InChI=1S/C21H31N3O2/c1-17(25)23-13-9-19(10-14-23)21(26)22-16-20(24-11-5-6-12-24)15-18-7-3-2-4-8-18/h2-4,7-8,19-20H,5-6,9-16H2,1H3,(H,22,26). The van der Waals surface area contributed by atoms with Gasteiger partial charge in [0.15, 0.2) is 0 Å². The van der Waals surface area contributed by atoms with Crippen molar-refractivity contribution in [2.24, 2.45) is 5.92 Å². The van der Waals surface area contributed by atoms with E-state index in [0.29, 0.717) is 25.7 Å². The number of likely N-dealkylation sites (tertiary alicyclic amines) is 2. The summed E-state index contributed by atoms with van der Waals surface area (Å²) in [5.74, 6) is 0.313. The molecule has 26 heavy (non-hydrogen) atoms. The fourth-order valence-corrected chi connectivity index (χ4v) is 4.14. The average molecular weight is 357 g/mol. The maximum Gasteiger partial charge on any atom is 0.223 e. The van der Waals surface area contributed by atoms with E-state index in [2.05, 4.69) is 34.5 Å². The Bertz CT molecular complexity index is 591. The van der Waals surface area contributed by atoms with Gasteiger partial charge in [-0.3, -0.25) is 14.5 Å². The second-order valence-corrected chi connectivity index (χ2v) is 7.61. The molecule has 3 rings (SSSR count). The smallest absolute Gasteiger partial charge is 0.223 e. The lowest BCUT2D eigenvalue weighted by molar-refractivity contribution is -0.134. The number of hydrogen-bond acceptors (Lipinski definition) is 3. The Morgan fingerprint density at radius 1 is 1.08 bits per heavy atom. The van der Waals surface area contributed by atoms with Gasteiger partial charge >= 0.3 is 0 Å². The van der Waals surface area contributed by atoms with E-state index in [1.807, 2.05) is 11.0 Å². The van der Waals surface area contributed by atoms with E-state index in [1.54, 1.807) is 6.92 Å². The maximum absolute atomic E-state index is 12.6. The molecule has 142 valence electrons. The van der Waals surface area contributed by atoms with Gasteiger partial charge < -0.3 is 10.2 Å². The van der Waals surface area contributed by atoms with Gasteiger partial charge in [0.2, 0.25) is 11.8 Å². The van der Waals surface area contributed by atoms with Crippen molar-refractivity contribution < 1.29 is 9.59 Å². The minimum atomic E-state index is 0.0431. The zero-order valence-electron chi connectivity index (χ0n) is 15.8. The third-order valence-electron chi connectivity index (χ3n) is 5.79. The number of rotatable bonds is 6. The quantitative estimate of drug-likeness (QED) is 0.848. The van der Waals surface area contributed by atoms with E-state index in [-0.39, 0.29) is 17.7 Å². The predicted molar refractivity (Wildman–Crippen MR) is 103 cm³/mol.